The van der Waals surface area contributed by atoms with E-state index in [9.17, 15) is 9.59 Å². The van der Waals surface area contributed by atoms with E-state index in [0.717, 1.165) is 22.9 Å². The fourth-order valence-electron chi connectivity index (χ4n) is 2.90. The van der Waals surface area contributed by atoms with Gasteiger partial charge in [-0.1, -0.05) is 25.1 Å². The molecule has 1 aliphatic rings. The first-order chi connectivity index (χ1) is 11.4. The molecule has 1 atom stereocenters. The molecule has 2 heterocycles. The van der Waals surface area contributed by atoms with Crippen molar-refractivity contribution in [2.24, 2.45) is 7.05 Å². The van der Waals surface area contributed by atoms with Crippen molar-refractivity contribution in [3.8, 4) is 0 Å². The monoisotopic (exact) mass is 341 g/mol. The highest BCUT2D eigenvalue weighted by atomic mass is 32.1. The summed E-state index contributed by atoms with van der Waals surface area (Å²) in [5.74, 6) is -0.788. The molecule has 24 heavy (non-hydrogen) atoms. The highest BCUT2D eigenvalue weighted by Gasteiger charge is 2.35. The second kappa shape index (κ2) is 6.20. The molecule has 5 nitrogen and oxygen atoms in total. The van der Waals surface area contributed by atoms with Crippen LogP contribution in [-0.2, 0) is 16.6 Å². The van der Waals surface area contributed by atoms with Crippen LogP contribution in [0.15, 0.2) is 36.0 Å². The van der Waals surface area contributed by atoms with Gasteiger partial charge in [-0.2, -0.15) is 0 Å². The minimum atomic E-state index is -0.447. The van der Waals surface area contributed by atoms with Gasteiger partial charge in [0.05, 0.1) is 0 Å². The number of thiocarbonyl (C=S) groups is 1. The summed E-state index contributed by atoms with van der Waals surface area (Å²) >= 11 is 5.16. The molecule has 0 unspecified atom stereocenters. The standard InChI is InChI=1S/C18H19N3O2S/c1-4-11(2)21-17(23)14(16(22)19-18(21)24)9-12-10-20(3)15-8-6-5-7-13(12)15/h5-11H,4H2,1-3H3,(H,19,22,24)/b14-9-/t11-/m0/s1. The first-order valence-corrected chi connectivity index (χ1v) is 8.29. The summed E-state index contributed by atoms with van der Waals surface area (Å²) in [5.41, 5.74) is 1.99. The zero-order chi connectivity index (χ0) is 17.4. The van der Waals surface area contributed by atoms with Crippen LogP contribution in [0.25, 0.3) is 17.0 Å². The van der Waals surface area contributed by atoms with E-state index in [4.69, 9.17) is 12.2 Å². The minimum absolute atomic E-state index is 0.0680. The molecule has 0 saturated carbocycles. The first kappa shape index (κ1) is 16.4. The predicted octanol–water partition coefficient (Wildman–Crippen LogP) is 2.60. The van der Waals surface area contributed by atoms with Crippen LogP contribution >= 0.6 is 12.2 Å². The molecule has 0 spiro atoms. The highest BCUT2D eigenvalue weighted by molar-refractivity contribution is 7.80. The Hall–Kier alpha value is -2.47. The van der Waals surface area contributed by atoms with Crippen LogP contribution in [0.4, 0.5) is 0 Å². The summed E-state index contributed by atoms with van der Waals surface area (Å²) in [6.45, 7) is 3.89. The van der Waals surface area contributed by atoms with Crippen LogP contribution in [0.1, 0.15) is 25.8 Å². The number of hydrogen-bond donors (Lipinski definition) is 1. The third-order valence-corrected chi connectivity index (χ3v) is 4.69. The maximum absolute atomic E-state index is 12.8. The van der Waals surface area contributed by atoms with Gasteiger partial charge in [0.1, 0.15) is 5.57 Å². The second-order valence-corrected chi connectivity index (χ2v) is 6.35. The highest BCUT2D eigenvalue weighted by Crippen LogP contribution is 2.24. The maximum Gasteiger partial charge on any atom is 0.265 e. The van der Waals surface area contributed by atoms with Crippen LogP contribution in [0.5, 0.6) is 0 Å². The molecule has 1 aliphatic heterocycles. The Labute approximate surface area is 145 Å². The number of nitrogens with one attached hydrogen (secondary N) is 1. The van der Waals surface area contributed by atoms with Gasteiger partial charge < -0.3 is 4.57 Å². The number of carbonyl (C=O) groups excluding carboxylic acids is 2. The summed E-state index contributed by atoms with van der Waals surface area (Å²) in [7, 11) is 1.94. The molecular weight excluding hydrogens is 322 g/mol. The molecule has 0 aliphatic carbocycles. The zero-order valence-electron chi connectivity index (χ0n) is 13.9. The van der Waals surface area contributed by atoms with Crippen molar-refractivity contribution in [2.75, 3.05) is 0 Å². The second-order valence-electron chi connectivity index (χ2n) is 5.96. The van der Waals surface area contributed by atoms with Crippen LogP contribution in [0, 0.1) is 0 Å². The van der Waals surface area contributed by atoms with Crippen molar-refractivity contribution in [3.05, 3.63) is 41.6 Å². The fourth-order valence-corrected chi connectivity index (χ4v) is 3.25. The van der Waals surface area contributed by atoms with Crippen LogP contribution in [-0.4, -0.2) is 32.4 Å². The van der Waals surface area contributed by atoms with E-state index in [1.807, 2.05) is 55.9 Å². The summed E-state index contributed by atoms with van der Waals surface area (Å²) < 4.78 is 1.98. The lowest BCUT2D eigenvalue weighted by molar-refractivity contribution is -0.130. The molecule has 2 aromatic rings. The smallest absolute Gasteiger partial charge is 0.265 e. The number of amides is 2. The van der Waals surface area contributed by atoms with E-state index in [1.54, 1.807) is 6.08 Å². The van der Waals surface area contributed by atoms with Crippen molar-refractivity contribution in [1.82, 2.24) is 14.8 Å². The van der Waals surface area contributed by atoms with Crippen LogP contribution < -0.4 is 5.32 Å². The van der Waals surface area contributed by atoms with Gasteiger partial charge in [-0.3, -0.25) is 19.8 Å². The molecule has 3 rings (SSSR count). The summed E-state index contributed by atoms with van der Waals surface area (Å²) in [6.07, 6.45) is 4.32. The number of benzene rings is 1. The number of carbonyl (C=O) groups is 2. The molecule has 0 radical (unpaired) electrons. The summed E-state index contributed by atoms with van der Waals surface area (Å²) in [6, 6.07) is 7.81. The molecule has 2 amide bonds. The van der Waals surface area contributed by atoms with E-state index in [-0.39, 0.29) is 22.6 Å². The summed E-state index contributed by atoms with van der Waals surface area (Å²) in [4.78, 5) is 26.6. The van der Waals surface area contributed by atoms with Crippen LogP contribution in [0.2, 0.25) is 0 Å². The van der Waals surface area contributed by atoms with E-state index in [1.165, 1.54) is 4.90 Å². The summed E-state index contributed by atoms with van der Waals surface area (Å²) in [5, 5.41) is 3.79. The van der Waals surface area contributed by atoms with Gasteiger partial charge in [0.25, 0.3) is 11.8 Å². The van der Waals surface area contributed by atoms with E-state index in [2.05, 4.69) is 5.32 Å². The first-order valence-electron chi connectivity index (χ1n) is 7.88. The van der Waals surface area contributed by atoms with Crippen LogP contribution in [0.3, 0.4) is 0 Å². The Kier molecular flexibility index (Phi) is 4.24. The molecular formula is C18H19N3O2S. The molecule has 124 valence electrons. The minimum Gasteiger partial charge on any atom is -0.350 e. The Morgan fingerprint density at radius 2 is 2.00 bits per heavy atom. The fraction of sp³-hybridized carbons (Fsp3) is 0.278. The number of nitrogens with zero attached hydrogens (tertiary/aromatic N) is 2. The third-order valence-electron chi connectivity index (χ3n) is 4.39. The lowest BCUT2D eigenvalue weighted by Gasteiger charge is -2.33. The van der Waals surface area contributed by atoms with Gasteiger partial charge in [0.15, 0.2) is 5.11 Å². The number of para-hydroxylation sites is 1. The van der Waals surface area contributed by atoms with Gasteiger partial charge in [-0.15, -0.1) is 0 Å². The van der Waals surface area contributed by atoms with Gasteiger partial charge in [-0.25, -0.2) is 0 Å². The topological polar surface area (TPSA) is 54.3 Å². The lowest BCUT2D eigenvalue weighted by Crippen LogP contribution is -2.56. The van der Waals surface area contributed by atoms with Crippen molar-refractivity contribution < 1.29 is 9.59 Å². The maximum atomic E-state index is 12.8. The Morgan fingerprint density at radius 1 is 1.29 bits per heavy atom. The Balaban J connectivity index is 2.09. The quantitative estimate of drug-likeness (QED) is 0.530. The van der Waals surface area contributed by atoms with E-state index in [0.29, 0.717) is 0 Å². The van der Waals surface area contributed by atoms with E-state index >= 15 is 0 Å². The van der Waals surface area contributed by atoms with Gasteiger partial charge in [0.2, 0.25) is 0 Å². The van der Waals surface area contributed by atoms with Crippen molar-refractivity contribution in [1.29, 1.82) is 0 Å². The predicted molar refractivity (Wildman–Crippen MR) is 98.2 cm³/mol. The van der Waals surface area contributed by atoms with Gasteiger partial charge in [-0.05, 0) is 37.7 Å². The number of aromatic nitrogens is 1. The average Bonchev–Trinajstić information content (AvgIpc) is 2.87. The van der Waals surface area contributed by atoms with Gasteiger partial charge >= 0.3 is 0 Å². The third kappa shape index (κ3) is 2.63. The molecule has 6 heteroatoms. The zero-order valence-corrected chi connectivity index (χ0v) is 14.7. The Morgan fingerprint density at radius 3 is 2.71 bits per heavy atom. The molecule has 1 N–H and O–H groups in total. The van der Waals surface area contributed by atoms with Crippen molar-refractivity contribution in [3.63, 3.8) is 0 Å². The number of rotatable bonds is 3. The number of fused-ring (bicyclic) bond motifs is 1. The number of aryl methyl sites for hydroxylation is 1. The molecule has 0 bridgehead atoms. The Bertz CT molecular complexity index is 882. The SMILES string of the molecule is CC[C@H](C)N1C(=O)/C(=C\c2cn(C)c3ccccc23)C(=O)NC1=S. The largest absolute Gasteiger partial charge is 0.350 e. The van der Waals surface area contributed by atoms with Gasteiger partial charge in [0, 0.05) is 35.8 Å². The number of hydrogen-bond acceptors (Lipinski definition) is 3. The average molecular weight is 341 g/mol. The van der Waals surface area contributed by atoms with E-state index < -0.39 is 5.91 Å². The van der Waals surface area contributed by atoms with Crippen molar-refractivity contribution >= 4 is 46.1 Å². The normalized spacial score (nSPS) is 18.4. The van der Waals surface area contributed by atoms with Crippen molar-refractivity contribution in [2.45, 2.75) is 26.3 Å². The molecule has 1 saturated heterocycles. The molecule has 1 aromatic carbocycles. The molecule has 1 fully saturated rings. The molecule has 1 aromatic heterocycles. The lowest BCUT2D eigenvalue weighted by atomic mass is 10.1.